The van der Waals surface area contributed by atoms with E-state index in [-0.39, 0.29) is 12.1 Å². The van der Waals surface area contributed by atoms with Gasteiger partial charge < -0.3 is 4.90 Å². The highest BCUT2D eigenvalue weighted by Crippen LogP contribution is 2.38. The minimum atomic E-state index is 0.120. The normalized spacial score (nSPS) is 17.9. The van der Waals surface area contributed by atoms with E-state index < -0.39 is 0 Å². The Balaban J connectivity index is 1.65. The second kappa shape index (κ2) is 9.51. The van der Waals surface area contributed by atoms with Gasteiger partial charge in [0.2, 0.25) is 0 Å². The molecule has 0 radical (unpaired) electrons. The molecule has 3 aromatic carbocycles. The van der Waals surface area contributed by atoms with Crippen molar-refractivity contribution in [3.63, 3.8) is 0 Å². The summed E-state index contributed by atoms with van der Waals surface area (Å²) in [5, 5.41) is 2.01. The summed E-state index contributed by atoms with van der Waals surface area (Å²) < 4.78 is 0. The number of hydrogen-bond acceptors (Lipinski definition) is 2. The Morgan fingerprint density at radius 2 is 1.58 bits per heavy atom. The van der Waals surface area contributed by atoms with Crippen LogP contribution in [0.25, 0.3) is 4.85 Å². The van der Waals surface area contributed by atoms with Gasteiger partial charge in [-0.25, -0.2) is 4.85 Å². The molecule has 1 saturated heterocycles. The Kier molecular flexibility index (Phi) is 6.74. The molecule has 31 heavy (non-hydrogen) atoms. The molecule has 0 saturated carbocycles. The first-order chi connectivity index (χ1) is 15.0. The Bertz CT molecular complexity index is 1090. The quantitative estimate of drug-likeness (QED) is 0.360. The predicted octanol–water partition coefficient (Wildman–Crippen LogP) is 7.82. The summed E-state index contributed by atoms with van der Waals surface area (Å²) in [4.78, 5) is 8.33. The highest BCUT2D eigenvalue weighted by atomic mass is 35.5. The van der Waals surface area contributed by atoms with Crippen molar-refractivity contribution < 1.29 is 0 Å². The smallest absolute Gasteiger partial charge is 0.187 e. The lowest BCUT2D eigenvalue weighted by Crippen LogP contribution is -2.49. The van der Waals surface area contributed by atoms with Crippen LogP contribution in [0.4, 0.5) is 11.4 Å². The topological polar surface area (TPSA) is 10.8 Å². The van der Waals surface area contributed by atoms with Crippen molar-refractivity contribution in [2.45, 2.75) is 19.0 Å². The number of halogens is 3. The van der Waals surface area contributed by atoms with E-state index in [0.717, 1.165) is 30.3 Å². The fourth-order valence-corrected chi connectivity index (χ4v) is 4.81. The second-order valence-electron chi connectivity index (χ2n) is 7.73. The van der Waals surface area contributed by atoms with E-state index in [0.29, 0.717) is 15.7 Å². The van der Waals surface area contributed by atoms with Crippen LogP contribution in [0.3, 0.4) is 0 Å². The predicted molar refractivity (Wildman–Crippen MR) is 131 cm³/mol. The number of anilines is 1. The lowest BCUT2D eigenvalue weighted by Gasteiger charge is -2.45. The van der Waals surface area contributed by atoms with Crippen molar-refractivity contribution in [1.29, 1.82) is 0 Å². The molecule has 3 nitrogen and oxygen atoms in total. The third-order valence-electron chi connectivity index (χ3n) is 5.94. The minimum absolute atomic E-state index is 0.120. The molecule has 0 aromatic heterocycles. The van der Waals surface area contributed by atoms with E-state index in [1.807, 2.05) is 36.4 Å². The fraction of sp³-hybridized carbons (Fsp3) is 0.240. The molecule has 4 rings (SSSR count). The van der Waals surface area contributed by atoms with Gasteiger partial charge in [0.25, 0.3) is 0 Å². The van der Waals surface area contributed by atoms with Crippen molar-refractivity contribution in [3.8, 4) is 0 Å². The van der Waals surface area contributed by atoms with Crippen LogP contribution in [0.5, 0.6) is 0 Å². The van der Waals surface area contributed by atoms with Gasteiger partial charge in [-0.2, -0.15) is 0 Å². The first kappa shape index (κ1) is 22.0. The Labute approximate surface area is 198 Å². The number of hydrogen-bond donors (Lipinski definition) is 0. The summed E-state index contributed by atoms with van der Waals surface area (Å²) in [6.45, 7) is 12.0. The molecule has 0 N–H and O–H groups in total. The van der Waals surface area contributed by atoms with E-state index in [4.69, 9.17) is 41.4 Å². The van der Waals surface area contributed by atoms with Gasteiger partial charge in [-0.1, -0.05) is 71.2 Å². The largest absolute Gasteiger partial charge is 0.361 e. The van der Waals surface area contributed by atoms with Gasteiger partial charge in [0.05, 0.1) is 23.3 Å². The molecule has 2 atom stereocenters. The third-order valence-corrected chi connectivity index (χ3v) is 6.73. The summed E-state index contributed by atoms with van der Waals surface area (Å²) in [6.07, 6.45) is 0. The Hall–Kier alpha value is -2.22. The first-order valence-corrected chi connectivity index (χ1v) is 11.3. The number of piperazine rings is 1. The van der Waals surface area contributed by atoms with Crippen LogP contribution in [0.2, 0.25) is 15.1 Å². The van der Waals surface area contributed by atoms with Gasteiger partial charge in [-0.15, -0.1) is 0 Å². The molecule has 1 aliphatic rings. The molecule has 0 aliphatic carbocycles. The van der Waals surface area contributed by atoms with Gasteiger partial charge in [0.1, 0.15) is 0 Å². The van der Waals surface area contributed by atoms with E-state index in [9.17, 15) is 0 Å². The maximum Gasteiger partial charge on any atom is 0.187 e. The van der Waals surface area contributed by atoms with Crippen LogP contribution in [0.1, 0.15) is 30.1 Å². The fourth-order valence-electron chi connectivity index (χ4n) is 4.17. The van der Waals surface area contributed by atoms with Crippen LogP contribution in [-0.4, -0.2) is 24.5 Å². The van der Waals surface area contributed by atoms with Crippen LogP contribution in [-0.2, 0) is 0 Å². The maximum atomic E-state index is 7.17. The van der Waals surface area contributed by atoms with Crippen LogP contribution >= 0.6 is 34.8 Å². The molecule has 1 aliphatic heterocycles. The van der Waals surface area contributed by atoms with Gasteiger partial charge in [-0.3, -0.25) is 4.90 Å². The summed E-state index contributed by atoms with van der Waals surface area (Å²) in [7, 11) is 0. The zero-order valence-corrected chi connectivity index (χ0v) is 19.4. The molecule has 1 fully saturated rings. The van der Waals surface area contributed by atoms with Crippen molar-refractivity contribution in [2.24, 2.45) is 0 Å². The van der Waals surface area contributed by atoms with Crippen molar-refractivity contribution >= 4 is 46.2 Å². The first-order valence-electron chi connectivity index (χ1n) is 10.1. The molecular formula is C25H22Cl3N3. The molecule has 0 bridgehead atoms. The average molecular weight is 471 g/mol. The molecule has 1 heterocycles. The van der Waals surface area contributed by atoms with E-state index in [1.165, 1.54) is 11.1 Å². The van der Waals surface area contributed by atoms with Crippen LogP contribution in [0, 0.1) is 6.57 Å². The standard InChI is InChI=1S/C25H22Cl3N3/c1-17(18-5-10-22(29-2)11-6-18)30-13-14-31(24-12-9-21(27)15-23(24)28)25(16-30)19-3-7-20(26)8-4-19/h3-12,15,17,25H,13-14,16H2,1H3/t17-,25-/m0/s1. The molecule has 0 unspecified atom stereocenters. The molecule has 6 heteroatoms. The number of rotatable bonds is 4. The van der Waals surface area contributed by atoms with Crippen molar-refractivity contribution in [2.75, 3.05) is 24.5 Å². The molecular weight excluding hydrogens is 449 g/mol. The molecule has 158 valence electrons. The zero-order valence-electron chi connectivity index (χ0n) is 17.1. The van der Waals surface area contributed by atoms with Gasteiger partial charge >= 0.3 is 0 Å². The Morgan fingerprint density at radius 3 is 2.23 bits per heavy atom. The van der Waals surface area contributed by atoms with E-state index in [2.05, 4.69) is 45.8 Å². The zero-order chi connectivity index (χ0) is 22.0. The number of benzene rings is 3. The van der Waals surface area contributed by atoms with Crippen LogP contribution < -0.4 is 4.90 Å². The second-order valence-corrected chi connectivity index (χ2v) is 9.01. The van der Waals surface area contributed by atoms with Gasteiger partial charge in [0, 0.05) is 35.7 Å². The lowest BCUT2D eigenvalue weighted by molar-refractivity contribution is 0.171. The molecule has 0 spiro atoms. The van der Waals surface area contributed by atoms with Crippen molar-refractivity contribution in [3.05, 3.63) is 104 Å². The average Bonchev–Trinajstić information content (AvgIpc) is 2.79. The summed E-state index contributed by atoms with van der Waals surface area (Å²) in [5.41, 5.74) is 4.05. The van der Waals surface area contributed by atoms with E-state index in [1.54, 1.807) is 6.07 Å². The Morgan fingerprint density at radius 1 is 0.903 bits per heavy atom. The van der Waals surface area contributed by atoms with Gasteiger partial charge in [0.15, 0.2) is 5.69 Å². The maximum absolute atomic E-state index is 7.17. The monoisotopic (exact) mass is 469 g/mol. The summed E-state index contributed by atoms with van der Waals surface area (Å²) >= 11 is 18.9. The third kappa shape index (κ3) is 4.84. The van der Waals surface area contributed by atoms with Crippen molar-refractivity contribution in [1.82, 2.24) is 4.90 Å². The SMILES string of the molecule is [C-]#[N+]c1ccc([C@H](C)N2CCN(c3ccc(Cl)cc3Cl)[C@H](c3ccc(Cl)cc3)C2)cc1. The van der Waals surface area contributed by atoms with Crippen LogP contribution in [0.15, 0.2) is 66.7 Å². The molecule has 3 aromatic rings. The summed E-state index contributed by atoms with van der Waals surface area (Å²) in [5.74, 6) is 0. The minimum Gasteiger partial charge on any atom is -0.361 e. The lowest BCUT2D eigenvalue weighted by atomic mass is 9.98. The summed E-state index contributed by atoms with van der Waals surface area (Å²) in [6, 6.07) is 22.0. The number of nitrogens with zero attached hydrogens (tertiary/aromatic N) is 3. The molecule has 0 amide bonds. The van der Waals surface area contributed by atoms with E-state index >= 15 is 0 Å². The highest BCUT2D eigenvalue weighted by Gasteiger charge is 2.32. The van der Waals surface area contributed by atoms with Gasteiger partial charge in [-0.05, 0) is 48.4 Å². The highest BCUT2D eigenvalue weighted by molar-refractivity contribution is 6.36.